The second-order valence-corrected chi connectivity index (χ2v) is 5.30. The minimum atomic E-state index is -1.45. The topological polar surface area (TPSA) is 19.9 Å². The Balaban J connectivity index is 3.01. The predicted octanol–water partition coefficient (Wildman–Crippen LogP) is 4.39. The van der Waals surface area contributed by atoms with E-state index in [1.54, 1.807) is 24.3 Å². The largest absolute Gasteiger partial charge is 0.228 e. The predicted molar refractivity (Wildman–Crippen MR) is 59.4 cm³/mol. The van der Waals surface area contributed by atoms with Gasteiger partial charge in [-0.3, -0.25) is 0 Å². The van der Waals surface area contributed by atoms with Crippen molar-refractivity contribution in [2.24, 2.45) is 0 Å². The normalized spacial score (nSPS) is 14.1. The Hall–Kier alpha value is 0.0500. The van der Waals surface area contributed by atoms with Crippen LogP contribution in [0.3, 0.4) is 0 Å². The van der Waals surface area contributed by atoms with Crippen LogP contribution in [0.2, 0.25) is 0 Å². The van der Waals surface area contributed by atoms with E-state index in [0.717, 1.165) is 0 Å². The number of rotatable bonds is 2. The van der Waals surface area contributed by atoms with E-state index >= 15 is 0 Å². The monoisotopic (exact) mass is 251 g/mol. The number of alkyl halides is 3. The van der Waals surface area contributed by atoms with Gasteiger partial charge in [-0.1, -0.05) is 59.9 Å². The average molecular weight is 253 g/mol. The molecule has 0 aliphatic heterocycles. The molecule has 0 aliphatic rings. The average Bonchev–Trinajstić information content (AvgIpc) is 2.15. The van der Waals surface area contributed by atoms with Gasteiger partial charge >= 0.3 is 0 Å². The zero-order chi connectivity index (χ0) is 10.8. The Bertz CT molecular complexity index is 306. The van der Waals surface area contributed by atoms with Crippen LogP contribution in [-0.4, -0.2) is 0 Å². The van der Waals surface area contributed by atoms with E-state index in [0.29, 0.717) is 17.5 Å². The minimum absolute atomic E-state index is 0.531. The van der Waals surface area contributed by atoms with Crippen LogP contribution in [0.4, 0.5) is 0 Å². The van der Waals surface area contributed by atoms with Crippen molar-refractivity contribution in [1.82, 2.24) is 0 Å². The third-order valence-electron chi connectivity index (χ3n) is 1.96. The van der Waals surface area contributed by atoms with Crippen LogP contribution >= 0.6 is 34.8 Å². The van der Waals surface area contributed by atoms with E-state index in [-0.39, 0.29) is 0 Å². The molecule has 1 atom stereocenters. The highest BCUT2D eigenvalue weighted by Gasteiger charge is 2.23. The Labute approximate surface area is 98.6 Å². The van der Waals surface area contributed by atoms with Gasteiger partial charge < -0.3 is 0 Å². The Morgan fingerprint density at radius 2 is 2.00 bits per heavy atom. The molecule has 0 fully saturated rings. The van der Waals surface area contributed by atoms with E-state index in [2.05, 4.69) is 0 Å². The molecule has 0 amide bonds. The zero-order valence-electron chi connectivity index (χ0n) is 7.64. The maximum Gasteiger partial charge on any atom is 0.216 e. The summed E-state index contributed by atoms with van der Waals surface area (Å²) in [4.78, 5) is 0. The van der Waals surface area contributed by atoms with Gasteiger partial charge in [0.15, 0.2) is 0 Å². The fourth-order valence-corrected chi connectivity index (χ4v) is 1.50. The van der Waals surface area contributed by atoms with Crippen molar-refractivity contribution in [3.05, 3.63) is 35.4 Å². The lowest BCUT2D eigenvalue weighted by molar-refractivity contribution is 0.0856. The molecule has 0 aliphatic carbocycles. The van der Waals surface area contributed by atoms with Gasteiger partial charge in [0.2, 0.25) is 3.79 Å². The fourth-order valence-electron chi connectivity index (χ4n) is 1.15. The van der Waals surface area contributed by atoms with Crippen molar-refractivity contribution < 1.29 is 5.11 Å². The van der Waals surface area contributed by atoms with Gasteiger partial charge in [-0.15, -0.1) is 0 Å². The molecule has 4 heteroatoms. The van der Waals surface area contributed by atoms with Crippen LogP contribution < -0.4 is 0 Å². The van der Waals surface area contributed by atoms with E-state index in [9.17, 15) is 5.11 Å². The highest BCUT2D eigenvalue weighted by atomic mass is 35.6. The zero-order valence-corrected chi connectivity index (χ0v) is 9.90. The van der Waals surface area contributed by atoms with Crippen molar-refractivity contribution in [2.45, 2.75) is 23.2 Å². The highest BCUT2D eigenvalue weighted by Crippen LogP contribution is 2.38. The molecule has 1 radical (unpaired) electrons. The first-order chi connectivity index (χ1) is 6.45. The number of benzene rings is 1. The first kappa shape index (κ1) is 12.1. The quantitative estimate of drug-likeness (QED) is 0.696. The molecule has 0 aromatic heterocycles. The van der Waals surface area contributed by atoms with Crippen molar-refractivity contribution in [3.8, 4) is 0 Å². The molecule has 0 saturated carbocycles. The summed E-state index contributed by atoms with van der Waals surface area (Å²) in [6.07, 6.45) is -0.217. The lowest BCUT2D eigenvalue weighted by Crippen LogP contribution is -2.02. The van der Waals surface area contributed by atoms with E-state index in [4.69, 9.17) is 34.8 Å². The number of hydrogen-bond donors (Lipinski definition) is 0. The second-order valence-electron chi connectivity index (χ2n) is 3.02. The number of halogens is 3. The lowest BCUT2D eigenvalue weighted by Gasteiger charge is -2.13. The second kappa shape index (κ2) is 4.71. The standard InChI is InChI=1S/C10H10Cl3O/c1-2-9(14)7-4-3-5-8(6-7)10(11,12)13/h3-6,9H,2H2,1H3. The molecule has 0 saturated heterocycles. The third-order valence-corrected chi connectivity index (χ3v) is 2.61. The summed E-state index contributed by atoms with van der Waals surface area (Å²) in [5, 5.41) is 11.4. The summed E-state index contributed by atoms with van der Waals surface area (Å²) in [6, 6.07) is 6.82. The van der Waals surface area contributed by atoms with Crippen LogP contribution in [-0.2, 0) is 8.90 Å². The molecule has 0 spiro atoms. The summed E-state index contributed by atoms with van der Waals surface area (Å²) < 4.78 is -1.45. The van der Waals surface area contributed by atoms with Gasteiger partial charge in [0, 0.05) is 5.56 Å². The number of hydrogen-bond acceptors (Lipinski definition) is 0. The molecule has 0 heterocycles. The Kier molecular flexibility index (Phi) is 4.08. The summed E-state index contributed by atoms with van der Waals surface area (Å²) in [5.41, 5.74) is 1.20. The van der Waals surface area contributed by atoms with Crippen molar-refractivity contribution in [2.75, 3.05) is 0 Å². The summed E-state index contributed by atoms with van der Waals surface area (Å²) in [6.45, 7) is 1.83. The maximum absolute atomic E-state index is 11.4. The molecule has 77 valence electrons. The van der Waals surface area contributed by atoms with Crippen LogP contribution in [0.5, 0.6) is 0 Å². The van der Waals surface area contributed by atoms with Crippen molar-refractivity contribution >= 4 is 34.8 Å². The third kappa shape index (κ3) is 3.03. The smallest absolute Gasteiger partial charge is 0.216 e. The molecule has 1 rings (SSSR count). The van der Waals surface area contributed by atoms with Crippen LogP contribution in [0, 0.1) is 0 Å². The van der Waals surface area contributed by atoms with Gasteiger partial charge in [-0.05, 0) is 18.1 Å². The highest BCUT2D eigenvalue weighted by molar-refractivity contribution is 6.66. The van der Waals surface area contributed by atoms with Crippen LogP contribution in [0.1, 0.15) is 30.6 Å². The van der Waals surface area contributed by atoms with Crippen molar-refractivity contribution in [1.29, 1.82) is 0 Å². The van der Waals surface area contributed by atoms with Gasteiger partial charge in [-0.2, -0.15) is 0 Å². The maximum atomic E-state index is 11.4. The molecule has 1 aromatic carbocycles. The Morgan fingerprint density at radius 3 is 2.50 bits per heavy atom. The summed E-state index contributed by atoms with van der Waals surface area (Å²) >= 11 is 17.1. The van der Waals surface area contributed by atoms with Crippen LogP contribution in [0.15, 0.2) is 24.3 Å². The summed E-state index contributed by atoms with van der Waals surface area (Å²) in [7, 11) is 0. The molecular formula is C10H10Cl3O. The minimum Gasteiger partial charge on any atom is -0.228 e. The molecule has 14 heavy (non-hydrogen) atoms. The van der Waals surface area contributed by atoms with Crippen molar-refractivity contribution in [3.63, 3.8) is 0 Å². The first-order valence-electron chi connectivity index (χ1n) is 4.28. The van der Waals surface area contributed by atoms with E-state index in [1.807, 2.05) is 6.92 Å². The Morgan fingerprint density at radius 1 is 1.36 bits per heavy atom. The van der Waals surface area contributed by atoms with Gasteiger partial charge in [0.1, 0.15) is 6.10 Å². The molecule has 1 unspecified atom stereocenters. The molecular weight excluding hydrogens is 242 g/mol. The van der Waals surface area contributed by atoms with E-state index in [1.165, 1.54) is 0 Å². The SMILES string of the molecule is CCC([O])c1cccc(C(Cl)(Cl)Cl)c1. The molecule has 1 nitrogen and oxygen atoms in total. The van der Waals surface area contributed by atoms with Gasteiger partial charge in [-0.25, -0.2) is 5.11 Å². The lowest BCUT2D eigenvalue weighted by atomic mass is 10.1. The van der Waals surface area contributed by atoms with Crippen LogP contribution in [0.25, 0.3) is 0 Å². The summed E-state index contributed by atoms with van der Waals surface area (Å²) in [5.74, 6) is 0. The molecule has 1 aromatic rings. The van der Waals surface area contributed by atoms with Gasteiger partial charge in [0.05, 0.1) is 0 Å². The molecule has 0 N–H and O–H groups in total. The first-order valence-corrected chi connectivity index (χ1v) is 5.41. The molecule has 0 bridgehead atoms. The fraction of sp³-hybridized carbons (Fsp3) is 0.400. The van der Waals surface area contributed by atoms with E-state index < -0.39 is 9.90 Å². The van der Waals surface area contributed by atoms with Gasteiger partial charge in [0.25, 0.3) is 0 Å².